The number of carbonyl (C=O) groups excluding carboxylic acids is 1. The zero-order chi connectivity index (χ0) is 21.7. The average molecular weight is 394 g/mol. The van der Waals surface area contributed by atoms with Gasteiger partial charge in [-0.25, -0.2) is 0 Å². The van der Waals surface area contributed by atoms with Crippen LogP contribution in [0.2, 0.25) is 0 Å². The van der Waals surface area contributed by atoms with Crippen molar-refractivity contribution in [1.29, 1.82) is 0 Å². The molecule has 3 rings (SSSR count). The van der Waals surface area contributed by atoms with Crippen molar-refractivity contribution < 1.29 is 14.7 Å². The van der Waals surface area contributed by atoms with Crippen molar-refractivity contribution in [2.45, 2.75) is 59.3 Å². The van der Waals surface area contributed by atoms with Gasteiger partial charge in [-0.1, -0.05) is 53.7 Å². The van der Waals surface area contributed by atoms with Crippen molar-refractivity contribution in [2.75, 3.05) is 12.2 Å². The van der Waals surface area contributed by atoms with Gasteiger partial charge in [0.2, 0.25) is 0 Å². The largest absolute Gasteiger partial charge is 0.507 e. The fourth-order valence-corrected chi connectivity index (χ4v) is 3.74. The van der Waals surface area contributed by atoms with Gasteiger partial charge in [0, 0.05) is 16.7 Å². The first-order valence-corrected chi connectivity index (χ1v) is 9.94. The van der Waals surface area contributed by atoms with Gasteiger partial charge < -0.3 is 5.11 Å². The van der Waals surface area contributed by atoms with Crippen LogP contribution in [-0.4, -0.2) is 18.1 Å². The Labute approximate surface area is 173 Å². The van der Waals surface area contributed by atoms with Crippen LogP contribution in [0.25, 0.3) is 11.6 Å². The standard InChI is InChI=1S/C25H31NO3/c1-15-9-10-17-18(23(28)26(29-8)21(17)11-15)12-16-13-19(24(2,3)4)22(27)20(14-16)25(5,6)7/h9-14,27H,1-8H3. The fraction of sp³-hybridized carbons (Fsp3) is 0.400. The summed E-state index contributed by atoms with van der Waals surface area (Å²) in [5, 5.41) is 12.3. The molecule has 0 fully saturated rings. The second-order valence-electron chi connectivity index (χ2n) is 9.83. The summed E-state index contributed by atoms with van der Waals surface area (Å²) in [6.07, 6.45) is 1.90. The Morgan fingerprint density at radius 2 is 1.52 bits per heavy atom. The predicted octanol–water partition coefficient (Wildman–Crippen LogP) is 5.74. The van der Waals surface area contributed by atoms with E-state index in [1.165, 1.54) is 12.2 Å². The van der Waals surface area contributed by atoms with Gasteiger partial charge in [-0.15, -0.1) is 0 Å². The van der Waals surface area contributed by atoms with E-state index in [1.807, 2.05) is 43.3 Å². The van der Waals surface area contributed by atoms with E-state index in [-0.39, 0.29) is 16.7 Å². The molecule has 154 valence electrons. The average Bonchev–Trinajstić information content (AvgIpc) is 2.84. The molecular formula is C25H31NO3. The number of carbonyl (C=O) groups is 1. The molecule has 0 aliphatic carbocycles. The quantitative estimate of drug-likeness (QED) is 0.662. The zero-order valence-electron chi connectivity index (χ0n) is 18.7. The smallest absolute Gasteiger partial charge is 0.282 e. The summed E-state index contributed by atoms with van der Waals surface area (Å²) < 4.78 is 0. The van der Waals surface area contributed by atoms with E-state index in [0.717, 1.165) is 33.5 Å². The number of anilines is 1. The van der Waals surface area contributed by atoms with Crippen molar-refractivity contribution in [3.8, 4) is 5.75 Å². The van der Waals surface area contributed by atoms with E-state index in [1.54, 1.807) is 0 Å². The molecule has 0 atom stereocenters. The number of amides is 1. The Kier molecular flexibility index (Phi) is 5.12. The van der Waals surface area contributed by atoms with Crippen molar-refractivity contribution in [2.24, 2.45) is 0 Å². The number of benzene rings is 2. The maximum absolute atomic E-state index is 13.0. The molecule has 0 aromatic heterocycles. The summed E-state index contributed by atoms with van der Waals surface area (Å²) in [5.74, 6) is 0.148. The SMILES string of the molecule is CON1C(=O)C(=Cc2cc(C(C)(C)C)c(O)c(C(C)(C)C)c2)c2ccc(C)cc21. The minimum atomic E-state index is -0.230. The van der Waals surface area contributed by atoms with Crippen molar-refractivity contribution in [3.63, 3.8) is 0 Å². The minimum Gasteiger partial charge on any atom is -0.507 e. The minimum absolute atomic E-state index is 0.184. The highest BCUT2D eigenvalue weighted by molar-refractivity contribution is 6.35. The second-order valence-corrected chi connectivity index (χ2v) is 9.83. The van der Waals surface area contributed by atoms with Crippen LogP contribution in [0.3, 0.4) is 0 Å². The molecule has 0 saturated heterocycles. The highest BCUT2D eigenvalue weighted by atomic mass is 16.7. The molecule has 1 N–H and O–H groups in total. The third-order valence-electron chi connectivity index (χ3n) is 5.32. The van der Waals surface area contributed by atoms with Gasteiger partial charge in [0.05, 0.1) is 18.4 Å². The Balaban J connectivity index is 2.25. The van der Waals surface area contributed by atoms with Gasteiger partial charge in [0.25, 0.3) is 5.91 Å². The number of hydrogen-bond acceptors (Lipinski definition) is 3. The molecule has 2 aromatic carbocycles. The summed E-state index contributed by atoms with van der Waals surface area (Å²) in [6, 6.07) is 9.87. The van der Waals surface area contributed by atoms with Gasteiger partial charge >= 0.3 is 0 Å². The molecule has 1 amide bonds. The second kappa shape index (κ2) is 7.03. The van der Waals surface area contributed by atoms with Crippen molar-refractivity contribution in [1.82, 2.24) is 0 Å². The van der Waals surface area contributed by atoms with Gasteiger partial charge in [-0.05, 0) is 53.2 Å². The van der Waals surface area contributed by atoms with E-state index >= 15 is 0 Å². The molecule has 0 radical (unpaired) electrons. The lowest BCUT2D eigenvalue weighted by Crippen LogP contribution is -2.24. The van der Waals surface area contributed by atoms with Crippen molar-refractivity contribution >= 4 is 23.2 Å². The summed E-state index contributed by atoms with van der Waals surface area (Å²) in [5.41, 5.74) is 5.44. The Morgan fingerprint density at radius 1 is 0.966 bits per heavy atom. The van der Waals surface area contributed by atoms with Crippen LogP contribution in [0.1, 0.15) is 69.4 Å². The Bertz CT molecular complexity index is 969. The molecular weight excluding hydrogens is 362 g/mol. The molecule has 0 spiro atoms. The van der Waals surface area contributed by atoms with E-state index in [9.17, 15) is 9.90 Å². The summed E-state index contributed by atoms with van der Waals surface area (Å²) >= 11 is 0. The molecule has 4 nitrogen and oxygen atoms in total. The van der Waals surface area contributed by atoms with Crippen LogP contribution >= 0.6 is 0 Å². The number of hydroxylamine groups is 1. The number of aryl methyl sites for hydroxylation is 1. The molecule has 0 bridgehead atoms. The number of aromatic hydroxyl groups is 1. The molecule has 1 aliphatic heterocycles. The number of phenols is 1. The van der Waals surface area contributed by atoms with Gasteiger partial charge in [0.15, 0.2) is 0 Å². The zero-order valence-corrected chi connectivity index (χ0v) is 18.7. The van der Waals surface area contributed by atoms with Crippen LogP contribution < -0.4 is 5.06 Å². The molecule has 2 aromatic rings. The van der Waals surface area contributed by atoms with E-state index < -0.39 is 0 Å². The lowest BCUT2D eigenvalue weighted by atomic mass is 9.78. The number of phenolic OH excluding ortho intramolecular Hbond substituents is 1. The third kappa shape index (κ3) is 3.82. The predicted molar refractivity (Wildman–Crippen MR) is 119 cm³/mol. The lowest BCUT2D eigenvalue weighted by Gasteiger charge is -2.28. The van der Waals surface area contributed by atoms with E-state index in [0.29, 0.717) is 11.3 Å². The van der Waals surface area contributed by atoms with Crippen LogP contribution in [0, 0.1) is 6.92 Å². The molecule has 1 heterocycles. The van der Waals surface area contributed by atoms with Gasteiger partial charge in [-0.3, -0.25) is 9.63 Å². The van der Waals surface area contributed by atoms with E-state index in [2.05, 4.69) is 41.5 Å². The number of fused-ring (bicyclic) bond motifs is 1. The number of hydrogen-bond donors (Lipinski definition) is 1. The van der Waals surface area contributed by atoms with Crippen LogP contribution in [-0.2, 0) is 20.5 Å². The van der Waals surface area contributed by atoms with E-state index in [4.69, 9.17) is 4.84 Å². The lowest BCUT2D eigenvalue weighted by molar-refractivity contribution is -0.118. The normalized spacial score (nSPS) is 15.9. The Morgan fingerprint density at radius 3 is 2.00 bits per heavy atom. The highest BCUT2D eigenvalue weighted by Gasteiger charge is 2.33. The first-order chi connectivity index (χ1) is 13.3. The van der Waals surface area contributed by atoms with Crippen LogP contribution in [0.5, 0.6) is 5.75 Å². The maximum atomic E-state index is 13.0. The van der Waals surface area contributed by atoms with Crippen LogP contribution in [0.15, 0.2) is 30.3 Å². The molecule has 4 heteroatoms. The monoisotopic (exact) mass is 393 g/mol. The van der Waals surface area contributed by atoms with Crippen molar-refractivity contribution in [3.05, 3.63) is 58.1 Å². The molecule has 0 unspecified atom stereocenters. The first kappa shape index (κ1) is 21.1. The number of rotatable bonds is 2. The Hall–Kier alpha value is -2.59. The molecule has 1 aliphatic rings. The van der Waals surface area contributed by atoms with Crippen LogP contribution in [0.4, 0.5) is 5.69 Å². The highest BCUT2D eigenvalue weighted by Crippen LogP contribution is 2.42. The van der Waals surface area contributed by atoms with Gasteiger partial charge in [-0.2, -0.15) is 5.06 Å². The number of nitrogens with zero attached hydrogens (tertiary/aromatic N) is 1. The maximum Gasteiger partial charge on any atom is 0.282 e. The fourth-order valence-electron chi connectivity index (χ4n) is 3.74. The summed E-state index contributed by atoms with van der Waals surface area (Å²) in [4.78, 5) is 18.4. The topological polar surface area (TPSA) is 49.8 Å². The third-order valence-corrected chi connectivity index (χ3v) is 5.32. The molecule has 0 saturated carbocycles. The summed E-state index contributed by atoms with van der Waals surface area (Å²) in [7, 11) is 1.50. The first-order valence-electron chi connectivity index (χ1n) is 9.94. The summed E-state index contributed by atoms with van der Waals surface area (Å²) in [6.45, 7) is 14.5. The molecule has 29 heavy (non-hydrogen) atoms. The van der Waals surface area contributed by atoms with Gasteiger partial charge in [0.1, 0.15) is 5.75 Å².